The summed E-state index contributed by atoms with van der Waals surface area (Å²) in [6, 6.07) is 14.0. The number of carbonyl (C=O) groups excluding carboxylic acids is 3. The van der Waals surface area contributed by atoms with E-state index in [1.807, 2.05) is 30.3 Å². The number of nitrogens with one attached hydrogen (secondary N) is 2. The molecular weight excluding hydrogens is 396 g/mol. The summed E-state index contributed by atoms with van der Waals surface area (Å²) in [6.07, 6.45) is 0.548. The Morgan fingerprint density at radius 3 is 2.29 bits per heavy atom. The zero-order valence-electron chi connectivity index (χ0n) is 18.2. The molecule has 0 aromatic heterocycles. The standard InChI is InChI=1S/C23H28N4O4/c1-5-24-19(15-28)20(23(31)27(4)14-16-10-7-6-8-11-16)25-18-13-9-12-17(21(18)29)22(30)26(2)3/h6-13,15,24-25,29H,5,14H2,1-4H3/b20-19-. The highest BCUT2D eigenvalue weighted by Crippen LogP contribution is 2.30. The lowest BCUT2D eigenvalue weighted by Crippen LogP contribution is -2.34. The number of aromatic hydroxyl groups is 1. The van der Waals surface area contributed by atoms with Crippen LogP contribution in [-0.4, -0.2) is 60.7 Å². The van der Waals surface area contributed by atoms with Crippen LogP contribution in [0.2, 0.25) is 0 Å². The molecule has 0 aliphatic carbocycles. The number of carbonyl (C=O) groups is 3. The molecule has 8 heteroatoms. The number of nitrogens with zero attached hydrogens (tertiary/aromatic N) is 2. The van der Waals surface area contributed by atoms with Gasteiger partial charge in [-0.25, -0.2) is 0 Å². The van der Waals surface area contributed by atoms with E-state index in [9.17, 15) is 19.5 Å². The Labute approximate surface area is 182 Å². The van der Waals surface area contributed by atoms with Gasteiger partial charge in [0.1, 0.15) is 11.4 Å². The second-order valence-corrected chi connectivity index (χ2v) is 7.11. The third kappa shape index (κ3) is 5.85. The maximum absolute atomic E-state index is 13.2. The molecule has 0 aliphatic rings. The van der Waals surface area contributed by atoms with Crippen molar-refractivity contribution in [1.82, 2.24) is 15.1 Å². The van der Waals surface area contributed by atoms with E-state index in [-0.39, 0.29) is 34.3 Å². The number of phenols is 1. The molecule has 2 amide bonds. The van der Waals surface area contributed by atoms with Gasteiger partial charge in [-0.05, 0) is 24.6 Å². The molecule has 0 bridgehead atoms. The van der Waals surface area contributed by atoms with Crippen LogP contribution in [0.4, 0.5) is 5.69 Å². The Morgan fingerprint density at radius 2 is 1.71 bits per heavy atom. The molecule has 0 radical (unpaired) electrons. The van der Waals surface area contributed by atoms with E-state index >= 15 is 0 Å². The zero-order chi connectivity index (χ0) is 23.0. The molecule has 2 aromatic carbocycles. The lowest BCUT2D eigenvalue weighted by atomic mass is 10.1. The molecule has 164 valence electrons. The molecular formula is C23H28N4O4. The Bertz CT molecular complexity index is 971. The Morgan fingerprint density at radius 1 is 1.03 bits per heavy atom. The number of phenolic OH excluding ortho intramolecular Hbond substituents is 1. The number of rotatable bonds is 9. The Hall–Kier alpha value is -3.81. The second-order valence-electron chi connectivity index (χ2n) is 7.11. The summed E-state index contributed by atoms with van der Waals surface area (Å²) in [4.78, 5) is 40.0. The molecule has 0 spiro atoms. The van der Waals surface area contributed by atoms with Crippen LogP contribution in [0.3, 0.4) is 0 Å². The van der Waals surface area contributed by atoms with Crippen LogP contribution < -0.4 is 10.6 Å². The molecule has 31 heavy (non-hydrogen) atoms. The van der Waals surface area contributed by atoms with Gasteiger partial charge in [0.25, 0.3) is 11.8 Å². The van der Waals surface area contributed by atoms with Crippen LogP contribution >= 0.6 is 0 Å². The summed E-state index contributed by atoms with van der Waals surface area (Å²) >= 11 is 0. The fourth-order valence-corrected chi connectivity index (χ4v) is 2.93. The Kier molecular flexibility index (Phi) is 8.19. The minimum Gasteiger partial charge on any atom is -0.505 e. The molecule has 0 saturated heterocycles. The second kappa shape index (κ2) is 10.8. The fourth-order valence-electron chi connectivity index (χ4n) is 2.93. The van der Waals surface area contributed by atoms with Crippen molar-refractivity contribution in [3.63, 3.8) is 0 Å². The van der Waals surface area contributed by atoms with Crippen molar-refractivity contribution in [2.75, 3.05) is 33.0 Å². The van der Waals surface area contributed by atoms with Gasteiger partial charge >= 0.3 is 0 Å². The average Bonchev–Trinajstić information content (AvgIpc) is 2.76. The van der Waals surface area contributed by atoms with Gasteiger partial charge in [-0.3, -0.25) is 14.4 Å². The fraction of sp³-hybridized carbons (Fsp3) is 0.261. The average molecular weight is 425 g/mol. The number of benzene rings is 2. The normalized spacial score (nSPS) is 11.2. The number of hydrogen-bond acceptors (Lipinski definition) is 6. The number of likely N-dealkylation sites (N-methyl/N-ethyl adjacent to an activating group) is 2. The molecule has 0 atom stereocenters. The van der Waals surface area contributed by atoms with E-state index in [0.717, 1.165) is 5.56 Å². The SMILES string of the molecule is CCN/C(C=O)=C(\Nc1cccc(C(=O)N(C)C)c1O)C(=O)N(C)Cc1ccccc1. The highest BCUT2D eigenvalue weighted by Gasteiger charge is 2.23. The van der Waals surface area contributed by atoms with E-state index < -0.39 is 5.91 Å². The summed E-state index contributed by atoms with van der Waals surface area (Å²) in [7, 11) is 4.77. The molecule has 0 aliphatic heterocycles. The van der Waals surface area contributed by atoms with Crippen molar-refractivity contribution >= 4 is 23.8 Å². The number of anilines is 1. The highest BCUT2D eigenvalue weighted by molar-refractivity contribution is 6.03. The molecule has 3 N–H and O–H groups in total. The van der Waals surface area contributed by atoms with Gasteiger partial charge < -0.3 is 25.5 Å². The van der Waals surface area contributed by atoms with Crippen LogP contribution in [0.1, 0.15) is 22.8 Å². The number of amides is 2. The first kappa shape index (κ1) is 23.5. The van der Waals surface area contributed by atoms with Crippen molar-refractivity contribution in [2.45, 2.75) is 13.5 Å². The quantitative estimate of drug-likeness (QED) is 0.324. The molecule has 0 unspecified atom stereocenters. The van der Waals surface area contributed by atoms with Gasteiger partial charge in [-0.2, -0.15) is 0 Å². The topological polar surface area (TPSA) is 102 Å². The van der Waals surface area contributed by atoms with Gasteiger partial charge in [0, 0.05) is 34.2 Å². The van der Waals surface area contributed by atoms with Crippen LogP contribution in [0.15, 0.2) is 59.9 Å². The summed E-state index contributed by atoms with van der Waals surface area (Å²) in [5.74, 6) is -1.14. The molecule has 0 saturated carbocycles. The first-order valence-corrected chi connectivity index (χ1v) is 9.83. The van der Waals surface area contributed by atoms with Gasteiger partial charge in [0.15, 0.2) is 12.0 Å². The number of aldehydes is 1. The number of allylic oxidation sites excluding steroid dienone is 1. The summed E-state index contributed by atoms with van der Waals surface area (Å²) < 4.78 is 0. The van der Waals surface area contributed by atoms with Crippen LogP contribution in [0, 0.1) is 0 Å². The lowest BCUT2D eigenvalue weighted by Gasteiger charge is -2.22. The van der Waals surface area contributed by atoms with Gasteiger partial charge in [0.05, 0.1) is 11.3 Å². The minimum absolute atomic E-state index is 0.0277. The maximum atomic E-state index is 13.2. The first-order valence-electron chi connectivity index (χ1n) is 9.83. The predicted octanol–water partition coefficient (Wildman–Crippen LogP) is 2.18. The maximum Gasteiger partial charge on any atom is 0.272 e. The molecule has 2 aromatic rings. The van der Waals surface area contributed by atoms with Crippen molar-refractivity contribution in [2.24, 2.45) is 0 Å². The first-order chi connectivity index (χ1) is 14.8. The molecule has 0 fully saturated rings. The van der Waals surface area contributed by atoms with E-state index in [2.05, 4.69) is 10.6 Å². The summed E-state index contributed by atoms with van der Waals surface area (Å²) in [6.45, 7) is 2.54. The summed E-state index contributed by atoms with van der Waals surface area (Å²) in [5, 5.41) is 16.4. The smallest absolute Gasteiger partial charge is 0.272 e. The van der Waals surface area contributed by atoms with E-state index in [1.54, 1.807) is 34.1 Å². The zero-order valence-corrected chi connectivity index (χ0v) is 18.2. The van der Waals surface area contributed by atoms with Gasteiger partial charge in [-0.1, -0.05) is 36.4 Å². The van der Waals surface area contributed by atoms with Crippen molar-refractivity contribution in [1.29, 1.82) is 0 Å². The third-order valence-corrected chi connectivity index (χ3v) is 4.51. The van der Waals surface area contributed by atoms with Gasteiger partial charge in [-0.15, -0.1) is 0 Å². The van der Waals surface area contributed by atoms with Crippen LogP contribution in [-0.2, 0) is 16.1 Å². The van der Waals surface area contributed by atoms with E-state index in [1.165, 1.54) is 21.9 Å². The third-order valence-electron chi connectivity index (χ3n) is 4.51. The Balaban J connectivity index is 2.42. The van der Waals surface area contributed by atoms with Crippen LogP contribution in [0.5, 0.6) is 5.75 Å². The van der Waals surface area contributed by atoms with Crippen molar-refractivity contribution < 1.29 is 19.5 Å². The summed E-state index contributed by atoms with van der Waals surface area (Å²) in [5.41, 5.74) is 1.17. The van der Waals surface area contributed by atoms with Crippen molar-refractivity contribution in [3.05, 3.63) is 71.1 Å². The highest BCUT2D eigenvalue weighted by atomic mass is 16.3. The molecule has 0 heterocycles. The lowest BCUT2D eigenvalue weighted by molar-refractivity contribution is -0.126. The van der Waals surface area contributed by atoms with E-state index in [0.29, 0.717) is 19.4 Å². The number of para-hydroxylation sites is 1. The minimum atomic E-state index is -0.448. The predicted molar refractivity (Wildman–Crippen MR) is 119 cm³/mol. The van der Waals surface area contributed by atoms with E-state index in [4.69, 9.17) is 0 Å². The van der Waals surface area contributed by atoms with Crippen LogP contribution in [0.25, 0.3) is 0 Å². The largest absolute Gasteiger partial charge is 0.505 e. The van der Waals surface area contributed by atoms with Gasteiger partial charge in [0.2, 0.25) is 0 Å². The molecule has 8 nitrogen and oxygen atoms in total. The monoisotopic (exact) mass is 424 g/mol. The number of hydrogen-bond donors (Lipinski definition) is 3. The van der Waals surface area contributed by atoms with Crippen molar-refractivity contribution in [3.8, 4) is 5.75 Å². The molecule has 2 rings (SSSR count).